The van der Waals surface area contributed by atoms with E-state index in [2.05, 4.69) is 4.90 Å². The van der Waals surface area contributed by atoms with E-state index in [1.807, 2.05) is 30.3 Å². The fraction of sp³-hybridized carbons (Fsp3) is 0.368. The molecule has 1 aliphatic rings. The van der Waals surface area contributed by atoms with Gasteiger partial charge in [0.05, 0.1) is 12.2 Å². The molecule has 0 amide bonds. The first-order chi connectivity index (χ1) is 12.0. The van der Waals surface area contributed by atoms with Crippen LogP contribution in [0.1, 0.15) is 11.1 Å². The molecular weight excluding hydrogens is 331 g/mol. The van der Waals surface area contributed by atoms with E-state index in [0.717, 1.165) is 11.8 Å². The molecule has 0 N–H and O–H groups in total. The number of halogens is 3. The van der Waals surface area contributed by atoms with Crippen LogP contribution in [0, 0.1) is 0 Å². The monoisotopic (exact) mass is 351 g/mol. The number of morpholine rings is 1. The second-order valence-electron chi connectivity index (χ2n) is 6.05. The second-order valence-corrected chi connectivity index (χ2v) is 6.05. The van der Waals surface area contributed by atoms with Gasteiger partial charge in [-0.25, -0.2) is 0 Å². The van der Waals surface area contributed by atoms with Crippen molar-refractivity contribution < 1.29 is 22.6 Å². The van der Waals surface area contributed by atoms with Crippen molar-refractivity contribution in [3.05, 3.63) is 65.7 Å². The Hall–Kier alpha value is -2.05. The first kappa shape index (κ1) is 17.8. The number of ether oxygens (including phenoxy) is 2. The van der Waals surface area contributed by atoms with Crippen LogP contribution >= 0.6 is 0 Å². The van der Waals surface area contributed by atoms with Gasteiger partial charge in [-0.05, 0) is 23.8 Å². The highest BCUT2D eigenvalue weighted by Crippen LogP contribution is 2.29. The molecule has 2 aromatic rings. The second kappa shape index (κ2) is 7.89. The topological polar surface area (TPSA) is 21.7 Å². The van der Waals surface area contributed by atoms with Gasteiger partial charge in [0.25, 0.3) is 0 Å². The summed E-state index contributed by atoms with van der Waals surface area (Å²) in [5, 5.41) is 0. The molecule has 1 aliphatic heterocycles. The predicted molar refractivity (Wildman–Crippen MR) is 88.4 cm³/mol. The molecule has 3 rings (SSSR count). The lowest BCUT2D eigenvalue weighted by Gasteiger charge is -2.32. The maximum absolute atomic E-state index is 12.8. The fourth-order valence-electron chi connectivity index (χ4n) is 2.83. The highest BCUT2D eigenvalue weighted by atomic mass is 19.4. The van der Waals surface area contributed by atoms with Crippen LogP contribution in [0.3, 0.4) is 0 Å². The molecule has 6 heteroatoms. The summed E-state index contributed by atoms with van der Waals surface area (Å²) in [6.45, 7) is 2.75. The van der Waals surface area contributed by atoms with E-state index >= 15 is 0 Å². The average Bonchev–Trinajstić information content (AvgIpc) is 2.61. The van der Waals surface area contributed by atoms with Gasteiger partial charge in [-0.3, -0.25) is 4.90 Å². The smallest absolute Gasteiger partial charge is 0.416 e. The molecule has 0 radical (unpaired) electrons. The summed E-state index contributed by atoms with van der Waals surface area (Å²) in [6, 6.07) is 15.0. The van der Waals surface area contributed by atoms with E-state index in [1.165, 1.54) is 12.1 Å². The van der Waals surface area contributed by atoms with Crippen molar-refractivity contribution in [1.29, 1.82) is 0 Å². The van der Waals surface area contributed by atoms with Crippen molar-refractivity contribution in [2.75, 3.05) is 26.3 Å². The normalized spacial score (nSPS) is 18.9. The van der Waals surface area contributed by atoms with Crippen LogP contribution in [0.4, 0.5) is 13.2 Å². The molecule has 1 saturated heterocycles. The van der Waals surface area contributed by atoms with Gasteiger partial charge >= 0.3 is 6.18 Å². The molecule has 3 nitrogen and oxygen atoms in total. The van der Waals surface area contributed by atoms with E-state index in [4.69, 9.17) is 9.47 Å². The molecule has 2 aromatic carbocycles. The Morgan fingerprint density at radius 2 is 1.88 bits per heavy atom. The van der Waals surface area contributed by atoms with E-state index < -0.39 is 11.7 Å². The number of rotatable bonds is 5. The molecule has 0 bridgehead atoms. The zero-order valence-corrected chi connectivity index (χ0v) is 13.7. The van der Waals surface area contributed by atoms with Gasteiger partial charge in [0, 0.05) is 19.6 Å². The van der Waals surface area contributed by atoms with E-state index in [-0.39, 0.29) is 6.10 Å². The molecule has 1 atom stereocenters. The quantitative estimate of drug-likeness (QED) is 0.813. The molecule has 0 spiro atoms. The van der Waals surface area contributed by atoms with Crippen molar-refractivity contribution >= 4 is 0 Å². The average molecular weight is 351 g/mol. The van der Waals surface area contributed by atoms with Gasteiger partial charge in [-0.2, -0.15) is 13.2 Å². The number of alkyl halides is 3. The van der Waals surface area contributed by atoms with Crippen molar-refractivity contribution in [2.45, 2.75) is 18.8 Å². The molecule has 1 fully saturated rings. The molecule has 1 heterocycles. The minimum absolute atomic E-state index is 0.0974. The Kier molecular flexibility index (Phi) is 5.60. The van der Waals surface area contributed by atoms with Crippen LogP contribution in [0.15, 0.2) is 54.6 Å². The molecule has 25 heavy (non-hydrogen) atoms. The highest BCUT2D eigenvalue weighted by Gasteiger charge is 2.30. The van der Waals surface area contributed by atoms with Crippen LogP contribution in [0.25, 0.3) is 0 Å². The van der Waals surface area contributed by atoms with Gasteiger partial charge in [0.15, 0.2) is 0 Å². The van der Waals surface area contributed by atoms with Gasteiger partial charge in [0.1, 0.15) is 18.5 Å². The summed E-state index contributed by atoms with van der Waals surface area (Å²) >= 11 is 0. The lowest BCUT2D eigenvalue weighted by Crippen LogP contribution is -2.44. The number of hydrogen-bond donors (Lipinski definition) is 0. The summed E-state index contributed by atoms with van der Waals surface area (Å²) in [7, 11) is 0. The van der Waals surface area contributed by atoms with Crippen LogP contribution in [-0.2, 0) is 17.5 Å². The van der Waals surface area contributed by atoms with Gasteiger partial charge in [-0.15, -0.1) is 0 Å². The predicted octanol–water partition coefficient (Wildman–Crippen LogP) is 3.99. The molecular formula is C19H20F3NO2. The first-order valence-electron chi connectivity index (χ1n) is 8.18. The van der Waals surface area contributed by atoms with E-state index in [0.29, 0.717) is 38.4 Å². The van der Waals surface area contributed by atoms with Gasteiger partial charge in [0.2, 0.25) is 0 Å². The zero-order valence-electron chi connectivity index (χ0n) is 13.7. The molecule has 0 saturated carbocycles. The molecule has 0 aliphatic carbocycles. The summed E-state index contributed by atoms with van der Waals surface area (Å²) < 4.78 is 49.9. The van der Waals surface area contributed by atoms with Crippen molar-refractivity contribution in [2.24, 2.45) is 0 Å². The highest BCUT2D eigenvalue weighted by molar-refractivity contribution is 5.25. The number of para-hydroxylation sites is 1. The standard InChI is InChI=1S/C19H20F3NO2/c20-19(21,22)16-6-4-5-15(11-16)12-23-9-10-24-18(13-23)14-25-17-7-2-1-3-8-17/h1-8,11,18H,9-10,12-14H2. The van der Waals surface area contributed by atoms with Crippen LogP contribution in [0.2, 0.25) is 0 Å². The minimum atomic E-state index is -4.31. The Morgan fingerprint density at radius 3 is 2.64 bits per heavy atom. The Labute approximate surface area is 145 Å². The van der Waals surface area contributed by atoms with Crippen LogP contribution in [0.5, 0.6) is 5.75 Å². The van der Waals surface area contributed by atoms with Gasteiger partial charge < -0.3 is 9.47 Å². The van der Waals surface area contributed by atoms with Gasteiger partial charge in [-0.1, -0.05) is 36.4 Å². The molecule has 0 aromatic heterocycles. The largest absolute Gasteiger partial charge is 0.491 e. The minimum Gasteiger partial charge on any atom is -0.491 e. The number of nitrogens with zero attached hydrogens (tertiary/aromatic N) is 1. The lowest BCUT2D eigenvalue weighted by atomic mass is 10.1. The first-order valence-corrected chi connectivity index (χ1v) is 8.18. The molecule has 1 unspecified atom stereocenters. The number of benzene rings is 2. The maximum Gasteiger partial charge on any atom is 0.416 e. The summed E-state index contributed by atoms with van der Waals surface area (Å²) in [6.07, 6.45) is -4.41. The SMILES string of the molecule is FC(F)(F)c1cccc(CN2CCOC(COc3ccccc3)C2)c1. The van der Waals surface area contributed by atoms with Crippen molar-refractivity contribution in [3.63, 3.8) is 0 Å². The van der Waals surface area contributed by atoms with E-state index in [9.17, 15) is 13.2 Å². The zero-order chi connectivity index (χ0) is 17.7. The van der Waals surface area contributed by atoms with Crippen molar-refractivity contribution in [3.8, 4) is 5.75 Å². The summed E-state index contributed by atoms with van der Waals surface area (Å²) in [5.41, 5.74) is 0.0432. The third-order valence-corrected chi connectivity index (χ3v) is 4.06. The Morgan fingerprint density at radius 1 is 1.08 bits per heavy atom. The third kappa shape index (κ3) is 5.21. The van der Waals surface area contributed by atoms with E-state index in [1.54, 1.807) is 6.07 Å². The molecule has 134 valence electrons. The fourth-order valence-corrected chi connectivity index (χ4v) is 2.83. The summed E-state index contributed by atoms with van der Waals surface area (Å²) in [5.74, 6) is 0.779. The lowest BCUT2D eigenvalue weighted by molar-refractivity contribution is -0.137. The maximum atomic E-state index is 12.8. The van der Waals surface area contributed by atoms with Crippen LogP contribution < -0.4 is 4.74 Å². The third-order valence-electron chi connectivity index (χ3n) is 4.06. The number of hydrogen-bond acceptors (Lipinski definition) is 3. The van der Waals surface area contributed by atoms with Crippen molar-refractivity contribution in [1.82, 2.24) is 4.90 Å². The van der Waals surface area contributed by atoms with Crippen LogP contribution in [-0.4, -0.2) is 37.3 Å². The Balaban J connectivity index is 1.55. The summed E-state index contributed by atoms with van der Waals surface area (Å²) in [4.78, 5) is 2.10. The Bertz CT molecular complexity index is 676.